The van der Waals surface area contributed by atoms with Crippen LogP contribution in [0.2, 0.25) is 0 Å². The molecular formula is C23H25NO3. The van der Waals surface area contributed by atoms with E-state index in [1.807, 2.05) is 64.1 Å². The summed E-state index contributed by atoms with van der Waals surface area (Å²) in [6.45, 7) is 8.41. The van der Waals surface area contributed by atoms with E-state index in [-0.39, 0.29) is 5.91 Å². The maximum atomic E-state index is 12.4. The van der Waals surface area contributed by atoms with Gasteiger partial charge in [-0.3, -0.25) is 4.79 Å². The van der Waals surface area contributed by atoms with Crippen LogP contribution in [-0.2, 0) is 11.3 Å². The highest BCUT2D eigenvalue weighted by Gasteiger charge is 2.18. The highest BCUT2D eigenvalue weighted by Crippen LogP contribution is 2.38. The van der Waals surface area contributed by atoms with Crippen LogP contribution in [0, 0.1) is 20.8 Å². The lowest BCUT2D eigenvalue weighted by atomic mass is 9.98. The minimum Gasteiger partial charge on any atom is -0.496 e. The van der Waals surface area contributed by atoms with Crippen molar-refractivity contribution < 1.29 is 13.9 Å². The normalized spacial score (nSPS) is 11.7. The molecule has 0 saturated carbocycles. The fourth-order valence-corrected chi connectivity index (χ4v) is 3.28. The predicted octanol–water partition coefficient (Wildman–Crippen LogP) is 5.09. The Hall–Kier alpha value is -3.01. The summed E-state index contributed by atoms with van der Waals surface area (Å²) in [6, 6.07) is 11.9. The van der Waals surface area contributed by atoms with Crippen molar-refractivity contribution in [3.63, 3.8) is 0 Å². The lowest BCUT2D eigenvalue weighted by molar-refractivity contribution is -0.116. The molecule has 140 valence electrons. The first kappa shape index (κ1) is 18.8. The van der Waals surface area contributed by atoms with E-state index in [0.717, 1.165) is 50.3 Å². The summed E-state index contributed by atoms with van der Waals surface area (Å²) in [4.78, 5) is 12.4. The largest absolute Gasteiger partial charge is 0.496 e. The van der Waals surface area contributed by atoms with Crippen molar-refractivity contribution in [2.45, 2.75) is 34.2 Å². The van der Waals surface area contributed by atoms with Gasteiger partial charge in [0.25, 0.3) is 0 Å². The van der Waals surface area contributed by atoms with Crippen molar-refractivity contribution >= 4 is 22.4 Å². The Morgan fingerprint density at radius 2 is 1.85 bits per heavy atom. The van der Waals surface area contributed by atoms with Gasteiger partial charge < -0.3 is 14.5 Å². The third kappa shape index (κ3) is 3.75. The summed E-state index contributed by atoms with van der Waals surface area (Å²) in [6.07, 6.45) is 1.62. The SMILES string of the molecule is COc1c(/C(C)=C/C(=O)NCc2ccccc2)cc2c(C)c(C)oc2c1C. The number of fused-ring (bicyclic) bond motifs is 1. The number of carbonyl (C=O) groups is 1. The van der Waals surface area contributed by atoms with Gasteiger partial charge in [-0.15, -0.1) is 0 Å². The molecule has 0 atom stereocenters. The Morgan fingerprint density at radius 3 is 2.52 bits per heavy atom. The van der Waals surface area contributed by atoms with Gasteiger partial charge >= 0.3 is 0 Å². The first-order valence-electron chi connectivity index (χ1n) is 9.00. The average Bonchev–Trinajstić information content (AvgIpc) is 2.95. The van der Waals surface area contributed by atoms with Crippen LogP contribution in [-0.4, -0.2) is 13.0 Å². The lowest BCUT2D eigenvalue weighted by Crippen LogP contribution is -2.20. The van der Waals surface area contributed by atoms with Crippen molar-refractivity contribution in [2.24, 2.45) is 0 Å². The van der Waals surface area contributed by atoms with E-state index in [2.05, 4.69) is 5.32 Å². The molecule has 1 N–H and O–H groups in total. The Bertz CT molecular complexity index is 1010. The Balaban J connectivity index is 1.91. The standard InChI is InChI=1S/C23H25NO3/c1-14(11-21(25)24-13-18-9-7-6-8-10-18)19-12-20-15(2)17(4)27-23(20)16(3)22(19)26-5/h6-12H,13H2,1-5H3,(H,24,25)/b14-11+. The van der Waals surface area contributed by atoms with E-state index in [4.69, 9.17) is 9.15 Å². The lowest BCUT2D eigenvalue weighted by Gasteiger charge is -2.13. The van der Waals surface area contributed by atoms with Gasteiger partial charge in [-0.1, -0.05) is 30.3 Å². The van der Waals surface area contributed by atoms with E-state index in [1.54, 1.807) is 13.2 Å². The summed E-state index contributed by atoms with van der Waals surface area (Å²) in [5.74, 6) is 1.51. The minimum atomic E-state index is -0.128. The van der Waals surface area contributed by atoms with Crippen molar-refractivity contribution in [2.75, 3.05) is 7.11 Å². The number of allylic oxidation sites excluding steroid dienone is 1. The van der Waals surface area contributed by atoms with Crippen molar-refractivity contribution in [3.05, 3.63) is 70.5 Å². The minimum absolute atomic E-state index is 0.128. The van der Waals surface area contributed by atoms with E-state index >= 15 is 0 Å². The smallest absolute Gasteiger partial charge is 0.244 e. The number of aryl methyl sites for hydroxylation is 3. The van der Waals surface area contributed by atoms with Crippen LogP contribution in [0.25, 0.3) is 16.5 Å². The van der Waals surface area contributed by atoms with E-state index in [0.29, 0.717) is 6.54 Å². The second-order valence-electron chi connectivity index (χ2n) is 6.77. The van der Waals surface area contributed by atoms with Crippen LogP contribution in [0.1, 0.15) is 34.9 Å². The van der Waals surface area contributed by atoms with Crippen molar-refractivity contribution in [1.82, 2.24) is 5.32 Å². The number of benzene rings is 2. The molecule has 1 aromatic heterocycles. The molecule has 0 aliphatic carbocycles. The van der Waals surface area contributed by atoms with Crippen LogP contribution in [0.4, 0.5) is 0 Å². The number of nitrogens with one attached hydrogen (secondary N) is 1. The van der Waals surface area contributed by atoms with Crippen molar-refractivity contribution in [3.8, 4) is 5.75 Å². The van der Waals surface area contributed by atoms with Gasteiger partial charge in [0.2, 0.25) is 5.91 Å². The predicted molar refractivity (Wildman–Crippen MR) is 109 cm³/mol. The molecule has 0 spiro atoms. The Morgan fingerprint density at radius 1 is 1.15 bits per heavy atom. The van der Waals surface area contributed by atoms with Crippen LogP contribution in [0.5, 0.6) is 5.75 Å². The van der Waals surface area contributed by atoms with Crippen LogP contribution in [0.3, 0.4) is 0 Å². The molecule has 1 amide bonds. The van der Waals surface area contributed by atoms with Crippen LogP contribution < -0.4 is 10.1 Å². The molecule has 0 fully saturated rings. The quantitative estimate of drug-likeness (QED) is 0.643. The molecule has 1 heterocycles. The second-order valence-corrected chi connectivity index (χ2v) is 6.77. The molecule has 4 nitrogen and oxygen atoms in total. The number of hydrogen-bond donors (Lipinski definition) is 1. The third-order valence-corrected chi connectivity index (χ3v) is 4.93. The Kier molecular flexibility index (Phi) is 5.36. The zero-order valence-corrected chi connectivity index (χ0v) is 16.5. The molecule has 2 aromatic carbocycles. The molecule has 0 aliphatic rings. The summed E-state index contributed by atoms with van der Waals surface area (Å²) in [5, 5.41) is 3.98. The molecule has 3 aromatic rings. The maximum absolute atomic E-state index is 12.4. The summed E-state index contributed by atoms with van der Waals surface area (Å²) in [7, 11) is 1.64. The number of furan rings is 1. The van der Waals surface area contributed by atoms with Gasteiger partial charge in [0, 0.05) is 29.1 Å². The monoisotopic (exact) mass is 363 g/mol. The number of ether oxygens (including phenoxy) is 1. The van der Waals surface area contributed by atoms with E-state index in [9.17, 15) is 4.79 Å². The summed E-state index contributed by atoms with van der Waals surface area (Å²) < 4.78 is 11.5. The summed E-state index contributed by atoms with van der Waals surface area (Å²) in [5.41, 5.74) is 5.71. The fourth-order valence-electron chi connectivity index (χ4n) is 3.28. The molecular weight excluding hydrogens is 338 g/mol. The molecule has 4 heteroatoms. The first-order chi connectivity index (χ1) is 12.9. The van der Waals surface area contributed by atoms with Gasteiger partial charge in [0.15, 0.2) is 0 Å². The molecule has 27 heavy (non-hydrogen) atoms. The number of amides is 1. The van der Waals surface area contributed by atoms with Crippen LogP contribution >= 0.6 is 0 Å². The van der Waals surface area contributed by atoms with E-state index in [1.165, 1.54) is 0 Å². The number of carbonyl (C=O) groups excluding carboxylic acids is 1. The van der Waals surface area contributed by atoms with E-state index < -0.39 is 0 Å². The zero-order chi connectivity index (χ0) is 19.6. The van der Waals surface area contributed by atoms with Crippen LogP contribution in [0.15, 0.2) is 46.9 Å². The number of rotatable bonds is 5. The highest BCUT2D eigenvalue weighted by molar-refractivity contribution is 5.98. The van der Waals surface area contributed by atoms with Gasteiger partial charge in [-0.2, -0.15) is 0 Å². The molecule has 0 saturated heterocycles. The first-order valence-corrected chi connectivity index (χ1v) is 9.00. The molecule has 0 unspecified atom stereocenters. The Labute approximate surface area is 159 Å². The highest BCUT2D eigenvalue weighted by atomic mass is 16.5. The summed E-state index contributed by atoms with van der Waals surface area (Å²) >= 11 is 0. The van der Waals surface area contributed by atoms with Gasteiger partial charge in [-0.05, 0) is 50.5 Å². The number of methoxy groups -OCH3 is 1. The van der Waals surface area contributed by atoms with Gasteiger partial charge in [0.1, 0.15) is 17.1 Å². The van der Waals surface area contributed by atoms with Gasteiger partial charge in [-0.25, -0.2) is 0 Å². The van der Waals surface area contributed by atoms with Crippen molar-refractivity contribution in [1.29, 1.82) is 0 Å². The maximum Gasteiger partial charge on any atom is 0.244 e. The topological polar surface area (TPSA) is 51.5 Å². The molecule has 0 aliphatic heterocycles. The number of hydrogen-bond acceptors (Lipinski definition) is 3. The molecule has 0 radical (unpaired) electrons. The third-order valence-electron chi connectivity index (χ3n) is 4.93. The molecule has 0 bridgehead atoms. The molecule has 3 rings (SSSR count). The fraction of sp³-hybridized carbons (Fsp3) is 0.261. The average molecular weight is 363 g/mol. The zero-order valence-electron chi connectivity index (χ0n) is 16.5. The van der Waals surface area contributed by atoms with Gasteiger partial charge in [0.05, 0.1) is 7.11 Å². The second kappa shape index (κ2) is 7.70.